The Hall–Kier alpha value is -1.79. The van der Waals surface area contributed by atoms with Gasteiger partial charge in [0.2, 0.25) is 5.37 Å². The largest absolute Gasteiger partial charge is 0.369 e. The van der Waals surface area contributed by atoms with E-state index in [0.29, 0.717) is 6.61 Å². The molecule has 0 amide bonds. The minimum Gasteiger partial charge on any atom is -0.369 e. The first-order valence-electron chi connectivity index (χ1n) is 9.05. The van der Waals surface area contributed by atoms with Gasteiger partial charge in [-0.1, -0.05) is 74.5 Å². The van der Waals surface area contributed by atoms with E-state index in [0.717, 1.165) is 22.4 Å². The van der Waals surface area contributed by atoms with E-state index in [9.17, 15) is 9.42 Å². The minimum atomic E-state index is -1.28. The second-order valence-electron chi connectivity index (χ2n) is 5.84. The van der Waals surface area contributed by atoms with E-state index in [1.807, 2.05) is 86.7 Å². The quantitative estimate of drug-likeness (QED) is 0.578. The Kier molecular flexibility index (Phi) is 8.71. The van der Waals surface area contributed by atoms with Crippen LogP contribution in [0.4, 0.5) is 0 Å². The van der Waals surface area contributed by atoms with Gasteiger partial charge in [-0.25, -0.2) is 9.42 Å². The van der Waals surface area contributed by atoms with Gasteiger partial charge in [-0.3, -0.25) is 0 Å². The third kappa shape index (κ3) is 5.61. The van der Waals surface area contributed by atoms with Crippen LogP contribution in [0.2, 0.25) is 0 Å². The molecule has 3 rings (SSSR count). The molecule has 0 radical (unpaired) electrons. The second-order valence-corrected chi connectivity index (χ2v) is 7.45. The summed E-state index contributed by atoms with van der Waals surface area (Å²) in [6.07, 6.45) is 4.73. The van der Waals surface area contributed by atoms with Gasteiger partial charge in [0.15, 0.2) is 0 Å². The van der Waals surface area contributed by atoms with Gasteiger partial charge in [-0.15, -0.1) is 0 Å². The Balaban J connectivity index is 0.00000117. The van der Waals surface area contributed by atoms with Crippen LogP contribution in [-0.2, 0) is 22.1 Å². The van der Waals surface area contributed by atoms with Gasteiger partial charge in [0.05, 0.1) is 12.7 Å². The van der Waals surface area contributed by atoms with Crippen molar-refractivity contribution in [1.82, 2.24) is 0 Å². The van der Waals surface area contributed by atoms with E-state index in [4.69, 9.17) is 4.74 Å². The van der Waals surface area contributed by atoms with E-state index >= 15 is 0 Å². The van der Waals surface area contributed by atoms with Gasteiger partial charge in [0.25, 0.3) is 0 Å². The summed E-state index contributed by atoms with van der Waals surface area (Å²) in [6.45, 7) is 4.55. The lowest BCUT2D eigenvalue weighted by Gasteiger charge is -2.18. The topological polar surface area (TPSA) is 63.1 Å². The SMILES string of the molecule is CC.O=S(c1ccccc1)C([NH2+]O)C1C=CC(OCc2ccccc2)C1. The minimum absolute atomic E-state index is 0.00886. The smallest absolute Gasteiger partial charge is 0.201 e. The predicted molar refractivity (Wildman–Crippen MR) is 104 cm³/mol. The molecule has 3 N–H and O–H groups in total. The maximum absolute atomic E-state index is 12.7. The number of quaternary nitrogens is 1. The summed E-state index contributed by atoms with van der Waals surface area (Å²) < 4.78 is 18.6. The molecule has 0 heterocycles. The highest BCUT2D eigenvalue weighted by molar-refractivity contribution is 7.85. The molecule has 26 heavy (non-hydrogen) atoms. The zero-order valence-electron chi connectivity index (χ0n) is 15.3. The number of hydrogen-bond donors (Lipinski definition) is 2. The van der Waals surface area contributed by atoms with E-state index in [2.05, 4.69) is 0 Å². The molecule has 4 atom stereocenters. The van der Waals surface area contributed by atoms with Crippen LogP contribution in [0.15, 0.2) is 77.7 Å². The highest BCUT2D eigenvalue weighted by Crippen LogP contribution is 2.26. The highest BCUT2D eigenvalue weighted by Gasteiger charge is 2.34. The summed E-state index contributed by atoms with van der Waals surface area (Å²) >= 11 is 0. The van der Waals surface area contributed by atoms with Crippen LogP contribution in [0, 0.1) is 5.92 Å². The number of benzene rings is 2. The summed E-state index contributed by atoms with van der Waals surface area (Å²) in [4.78, 5) is 0.731. The molecule has 2 aromatic carbocycles. The van der Waals surface area contributed by atoms with Gasteiger partial charge in [-0.2, -0.15) is 5.48 Å². The molecule has 4 unspecified atom stereocenters. The van der Waals surface area contributed by atoms with Gasteiger partial charge < -0.3 is 4.74 Å². The molecule has 0 saturated heterocycles. The molecule has 0 fully saturated rings. The molecule has 0 saturated carbocycles. The van der Waals surface area contributed by atoms with E-state index < -0.39 is 16.2 Å². The van der Waals surface area contributed by atoms with Gasteiger partial charge in [-0.05, 0) is 24.1 Å². The van der Waals surface area contributed by atoms with Crippen molar-refractivity contribution in [1.29, 1.82) is 0 Å². The molecule has 1 aliphatic rings. The molecule has 0 aromatic heterocycles. The van der Waals surface area contributed by atoms with Gasteiger partial charge >= 0.3 is 0 Å². The van der Waals surface area contributed by atoms with E-state index in [1.165, 1.54) is 0 Å². The first-order chi connectivity index (χ1) is 12.8. The number of hydroxylamine groups is 1. The molecular formula is C21H28NO3S+. The summed E-state index contributed by atoms with van der Waals surface area (Å²) in [5.41, 5.74) is 2.20. The lowest BCUT2D eigenvalue weighted by molar-refractivity contribution is -0.899. The first kappa shape index (κ1) is 20.5. The predicted octanol–water partition coefficient (Wildman–Crippen LogP) is 3.26. The number of hydrogen-bond acceptors (Lipinski definition) is 3. The average molecular weight is 375 g/mol. The monoisotopic (exact) mass is 374 g/mol. The normalized spacial score (nSPS) is 20.9. The Morgan fingerprint density at radius 1 is 1.08 bits per heavy atom. The fourth-order valence-electron chi connectivity index (χ4n) is 2.87. The van der Waals surface area contributed by atoms with Crippen molar-refractivity contribution in [3.63, 3.8) is 0 Å². The fraction of sp³-hybridized carbons (Fsp3) is 0.333. The molecule has 1 aliphatic carbocycles. The van der Waals surface area contributed by atoms with Crippen LogP contribution in [0.1, 0.15) is 25.8 Å². The lowest BCUT2D eigenvalue weighted by atomic mass is 10.1. The van der Waals surface area contributed by atoms with E-state index in [-0.39, 0.29) is 12.0 Å². The van der Waals surface area contributed by atoms with Crippen LogP contribution < -0.4 is 5.48 Å². The maximum Gasteiger partial charge on any atom is 0.201 e. The van der Waals surface area contributed by atoms with Crippen molar-refractivity contribution in [3.8, 4) is 0 Å². The maximum atomic E-state index is 12.7. The summed E-state index contributed by atoms with van der Waals surface area (Å²) in [6, 6.07) is 19.3. The Bertz CT molecular complexity index is 691. The molecule has 4 nitrogen and oxygen atoms in total. The van der Waals surface area contributed by atoms with Gasteiger partial charge in [0.1, 0.15) is 10.8 Å². The van der Waals surface area contributed by atoms with Crippen molar-refractivity contribution in [2.24, 2.45) is 5.92 Å². The molecular weight excluding hydrogens is 346 g/mol. The van der Waals surface area contributed by atoms with Gasteiger partial charge in [0, 0.05) is 10.8 Å². The highest BCUT2D eigenvalue weighted by atomic mass is 32.2. The molecule has 0 spiro atoms. The third-order valence-corrected chi connectivity index (χ3v) is 5.88. The van der Waals surface area contributed by atoms with Crippen molar-refractivity contribution in [2.75, 3.05) is 0 Å². The Morgan fingerprint density at radius 2 is 1.69 bits per heavy atom. The standard InChI is InChI=1S/C19H21NO3S.C2H6/c21-20-19(24(22)18-9-5-2-6-10-18)16-11-12-17(13-16)23-14-15-7-3-1-4-8-15;1-2/h1-12,16-17,19-21H,13-14H2;1-2H3/p+1. The van der Waals surface area contributed by atoms with Crippen LogP contribution in [-0.4, -0.2) is 20.9 Å². The zero-order chi connectivity index (χ0) is 18.8. The summed E-state index contributed by atoms with van der Waals surface area (Å²) in [5.74, 6) is 0.0109. The zero-order valence-corrected chi connectivity index (χ0v) is 16.1. The molecule has 2 aromatic rings. The fourth-order valence-corrected chi connectivity index (χ4v) is 4.24. The van der Waals surface area contributed by atoms with E-state index in [1.54, 1.807) is 0 Å². The number of rotatable bonds is 7. The summed E-state index contributed by atoms with van der Waals surface area (Å²) in [7, 11) is -1.28. The second kappa shape index (κ2) is 11.0. The van der Waals surface area contributed by atoms with Crippen molar-refractivity contribution < 1.29 is 19.6 Å². The Labute approximate surface area is 158 Å². The van der Waals surface area contributed by atoms with Crippen LogP contribution in [0.3, 0.4) is 0 Å². The van der Waals surface area contributed by atoms with Crippen molar-refractivity contribution in [3.05, 3.63) is 78.4 Å². The van der Waals surface area contributed by atoms with Crippen LogP contribution in [0.5, 0.6) is 0 Å². The van der Waals surface area contributed by atoms with Crippen LogP contribution in [0.25, 0.3) is 0 Å². The molecule has 0 aliphatic heterocycles. The van der Waals surface area contributed by atoms with Crippen molar-refractivity contribution >= 4 is 10.8 Å². The van der Waals surface area contributed by atoms with Crippen LogP contribution >= 0.6 is 0 Å². The number of nitrogens with two attached hydrogens (primary N) is 1. The van der Waals surface area contributed by atoms with Crippen molar-refractivity contribution in [2.45, 2.75) is 43.2 Å². The lowest BCUT2D eigenvalue weighted by Crippen LogP contribution is -2.89. The molecule has 140 valence electrons. The Morgan fingerprint density at radius 3 is 2.31 bits per heavy atom. The third-order valence-electron chi connectivity index (χ3n) is 4.18. The number of ether oxygens (including phenoxy) is 1. The molecule has 5 heteroatoms. The summed E-state index contributed by atoms with van der Waals surface area (Å²) in [5, 5.41) is 9.20. The molecule has 0 bridgehead atoms. The first-order valence-corrected chi connectivity index (χ1v) is 10.3. The average Bonchev–Trinajstić information content (AvgIpc) is 3.18.